The minimum atomic E-state index is 0. The molecule has 0 radical (unpaired) electrons. The summed E-state index contributed by atoms with van der Waals surface area (Å²) in [4.78, 5) is 11.0. The molecule has 0 bridgehead atoms. The molecule has 3 rings (SSSR count). The van der Waals surface area contributed by atoms with Gasteiger partial charge in [0.2, 0.25) is 0 Å². The first-order valence-corrected chi connectivity index (χ1v) is 6.80. The molecule has 0 unspecified atom stereocenters. The van der Waals surface area contributed by atoms with Gasteiger partial charge in [-0.3, -0.25) is 0 Å². The molecule has 0 amide bonds. The lowest BCUT2D eigenvalue weighted by molar-refractivity contribution is 0.0674. The Labute approximate surface area is 141 Å². The number of nitrogens with zero attached hydrogens (tertiary/aromatic N) is 4. The monoisotopic (exact) mass is 401 g/mol. The Balaban J connectivity index is 0.00000161. The van der Waals surface area contributed by atoms with Crippen LogP contribution in [0.15, 0.2) is 29.4 Å². The summed E-state index contributed by atoms with van der Waals surface area (Å²) < 4.78 is 7.36. The van der Waals surface area contributed by atoms with Gasteiger partial charge in [0, 0.05) is 25.0 Å². The Morgan fingerprint density at radius 3 is 2.86 bits per heavy atom. The van der Waals surface area contributed by atoms with Gasteiger partial charge in [0.15, 0.2) is 5.96 Å². The van der Waals surface area contributed by atoms with Gasteiger partial charge in [0.05, 0.1) is 25.5 Å². The summed E-state index contributed by atoms with van der Waals surface area (Å²) >= 11 is 0. The fourth-order valence-corrected chi connectivity index (χ4v) is 2.33. The number of halogens is 1. The van der Waals surface area contributed by atoms with Gasteiger partial charge in [-0.05, 0) is 19.1 Å². The van der Waals surface area contributed by atoms with Crippen LogP contribution in [0.2, 0.25) is 0 Å². The number of hydrogen-bond acceptors (Lipinski definition) is 3. The number of aliphatic imine (C=N–C) groups is 1. The highest BCUT2D eigenvalue weighted by atomic mass is 127. The Bertz CT molecular complexity index is 633. The highest BCUT2D eigenvalue weighted by molar-refractivity contribution is 14.0. The molecule has 2 aromatic heterocycles. The largest absolute Gasteiger partial charge is 0.378 e. The fraction of sp³-hybridized carbons (Fsp3) is 0.429. The molecule has 0 atom stereocenters. The number of ether oxygens (including phenoxy) is 1. The van der Waals surface area contributed by atoms with E-state index >= 15 is 0 Å². The number of pyridine rings is 1. The van der Waals surface area contributed by atoms with Gasteiger partial charge in [-0.15, -0.1) is 24.0 Å². The SMILES string of the molecule is Cc1cccc2nc(CN=C(N)N3CCOCC3)cn12.I. The molecular formula is C14H20IN5O. The van der Waals surface area contributed by atoms with Crippen molar-refractivity contribution in [3.05, 3.63) is 35.8 Å². The molecule has 1 aliphatic heterocycles. The van der Waals surface area contributed by atoms with E-state index in [9.17, 15) is 0 Å². The van der Waals surface area contributed by atoms with Gasteiger partial charge in [-0.1, -0.05) is 6.07 Å². The number of aryl methyl sites for hydroxylation is 1. The molecule has 7 heteroatoms. The van der Waals surface area contributed by atoms with Crippen molar-refractivity contribution in [3.63, 3.8) is 0 Å². The zero-order valence-electron chi connectivity index (χ0n) is 12.0. The smallest absolute Gasteiger partial charge is 0.191 e. The van der Waals surface area contributed by atoms with Crippen molar-refractivity contribution in [1.29, 1.82) is 0 Å². The Kier molecular flexibility index (Phi) is 5.40. The second-order valence-electron chi connectivity index (χ2n) is 4.90. The van der Waals surface area contributed by atoms with Crippen LogP contribution in [0.4, 0.5) is 0 Å². The average Bonchev–Trinajstić information content (AvgIpc) is 2.90. The Hall–Kier alpha value is -1.35. The second-order valence-corrected chi connectivity index (χ2v) is 4.90. The minimum absolute atomic E-state index is 0. The van der Waals surface area contributed by atoms with Crippen molar-refractivity contribution in [1.82, 2.24) is 14.3 Å². The van der Waals surface area contributed by atoms with E-state index in [4.69, 9.17) is 10.5 Å². The maximum Gasteiger partial charge on any atom is 0.191 e. The summed E-state index contributed by atoms with van der Waals surface area (Å²) in [6.07, 6.45) is 2.01. The maximum atomic E-state index is 6.01. The van der Waals surface area contributed by atoms with Crippen LogP contribution in [-0.4, -0.2) is 46.5 Å². The first-order valence-electron chi connectivity index (χ1n) is 6.80. The van der Waals surface area contributed by atoms with Gasteiger partial charge >= 0.3 is 0 Å². The van der Waals surface area contributed by atoms with Gasteiger partial charge in [-0.25, -0.2) is 9.98 Å². The van der Waals surface area contributed by atoms with E-state index in [0.717, 1.165) is 30.1 Å². The molecule has 0 aromatic carbocycles. The highest BCUT2D eigenvalue weighted by Gasteiger charge is 2.12. The van der Waals surface area contributed by atoms with Crippen molar-refractivity contribution < 1.29 is 4.74 Å². The summed E-state index contributed by atoms with van der Waals surface area (Å²) in [7, 11) is 0. The number of nitrogens with two attached hydrogens (primary N) is 1. The van der Waals surface area contributed by atoms with Crippen LogP contribution in [0.25, 0.3) is 5.65 Å². The van der Waals surface area contributed by atoms with E-state index in [1.54, 1.807) is 0 Å². The number of guanidine groups is 1. The summed E-state index contributed by atoms with van der Waals surface area (Å²) in [5.41, 5.74) is 9.04. The summed E-state index contributed by atoms with van der Waals surface area (Å²) in [6.45, 7) is 5.60. The molecule has 2 N–H and O–H groups in total. The molecule has 0 spiro atoms. The zero-order valence-corrected chi connectivity index (χ0v) is 14.4. The van der Waals surface area contributed by atoms with Crippen LogP contribution in [-0.2, 0) is 11.3 Å². The number of hydrogen-bond donors (Lipinski definition) is 1. The molecule has 1 fully saturated rings. The van der Waals surface area contributed by atoms with Crippen molar-refractivity contribution in [2.24, 2.45) is 10.7 Å². The van der Waals surface area contributed by atoms with E-state index in [-0.39, 0.29) is 24.0 Å². The lowest BCUT2D eigenvalue weighted by Crippen LogP contribution is -2.44. The number of imidazole rings is 1. The van der Waals surface area contributed by atoms with Crippen LogP contribution in [0, 0.1) is 6.92 Å². The standard InChI is InChI=1S/C14H19N5O.HI/c1-11-3-2-4-13-17-12(10-19(11)13)9-16-14(15)18-5-7-20-8-6-18;/h2-4,10H,5-9H2,1H3,(H2,15,16);1H. The molecule has 6 nitrogen and oxygen atoms in total. The molecule has 2 aromatic rings. The van der Waals surface area contributed by atoms with Crippen molar-refractivity contribution in [2.45, 2.75) is 13.5 Å². The fourth-order valence-electron chi connectivity index (χ4n) is 2.33. The molecule has 0 saturated carbocycles. The van der Waals surface area contributed by atoms with Gasteiger partial charge < -0.3 is 19.8 Å². The first-order chi connectivity index (χ1) is 9.74. The van der Waals surface area contributed by atoms with E-state index in [0.29, 0.717) is 25.7 Å². The molecule has 21 heavy (non-hydrogen) atoms. The first kappa shape index (κ1) is 16.0. The third-order valence-electron chi connectivity index (χ3n) is 3.48. The quantitative estimate of drug-likeness (QED) is 0.470. The Morgan fingerprint density at radius 1 is 1.38 bits per heavy atom. The molecule has 1 saturated heterocycles. The molecule has 0 aliphatic carbocycles. The van der Waals surface area contributed by atoms with Crippen molar-refractivity contribution in [3.8, 4) is 0 Å². The van der Waals surface area contributed by atoms with E-state index in [2.05, 4.69) is 27.4 Å². The zero-order chi connectivity index (χ0) is 13.9. The lowest BCUT2D eigenvalue weighted by Gasteiger charge is -2.27. The molecule has 1 aliphatic rings. The number of aromatic nitrogens is 2. The molecular weight excluding hydrogens is 381 g/mol. The molecule has 3 heterocycles. The average molecular weight is 401 g/mol. The highest BCUT2D eigenvalue weighted by Crippen LogP contribution is 2.09. The number of morpholine rings is 1. The third kappa shape index (κ3) is 3.65. The second kappa shape index (κ2) is 7.08. The predicted molar refractivity (Wildman–Crippen MR) is 93.1 cm³/mol. The summed E-state index contributed by atoms with van der Waals surface area (Å²) in [5.74, 6) is 0.571. The topological polar surface area (TPSA) is 68.1 Å². The van der Waals surface area contributed by atoms with Crippen LogP contribution in [0.1, 0.15) is 11.4 Å². The number of fused-ring (bicyclic) bond motifs is 1. The number of rotatable bonds is 2. The predicted octanol–water partition coefficient (Wildman–Crippen LogP) is 1.41. The van der Waals surface area contributed by atoms with Crippen LogP contribution in [0.3, 0.4) is 0 Å². The van der Waals surface area contributed by atoms with Gasteiger partial charge in [0.1, 0.15) is 5.65 Å². The van der Waals surface area contributed by atoms with Gasteiger partial charge in [-0.2, -0.15) is 0 Å². The van der Waals surface area contributed by atoms with Crippen LogP contribution >= 0.6 is 24.0 Å². The van der Waals surface area contributed by atoms with E-state index < -0.39 is 0 Å². The maximum absolute atomic E-state index is 6.01. The van der Waals surface area contributed by atoms with Gasteiger partial charge in [0.25, 0.3) is 0 Å². The Morgan fingerprint density at radius 2 is 2.14 bits per heavy atom. The summed E-state index contributed by atoms with van der Waals surface area (Å²) in [5, 5.41) is 0. The summed E-state index contributed by atoms with van der Waals surface area (Å²) in [6, 6.07) is 6.06. The minimum Gasteiger partial charge on any atom is -0.378 e. The van der Waals surface area contributed by atoms with Crippen molar-refractivity contribution in [2.75, 3.05) is 26.3 Å². The van der Waals surface area contributed by atoms with Crippen molar-refractivity contribution >= 4 is 35.6 Å². The van der Waals surface area contributed by atoms with E-state index in [1.165, 1.54) is 0 Å². The van der Waals surface area contributed by atoms with E-state index in [1.807, 2.05) is 23.2 Å². The molecule has 114 valence electrons. The van der Waals surface area contributed by atoms with Crippen LogP contribution < -0.4 is 5.73 Å². The van der Waals surface area contributed by atoms with Crippen LogP contribution in [0.5, 0.6) is 0 Å². The normalized spacial score (nSPS) is 16.0. The third-order valence-corrected chi connectivity index (χ3v) is 3.48. The lowest BCUT2D eigenvalue weighted by atomic mass is 10.4.